The van der Waals surface area contributed by atoms with E-state index < -0.39 is 0 Å². The number of para-hydroxylation sites is 1. The fourth-order valence-corrected chi connectivity index (χ4v) is 1.83. The quantitative estimate of drug-likeness (QED) is 0.703. The normalized spacial score (nSPS) is 11.3. The number of benzene rings is 2. The molecule has 0 N–H and O–H groups in total. The molecular formula is C17H18O. The predicted molar refractivity (Wildman–Crippen MR) is 76.9 cm³/mol. The molecule has 2 rings (SSSR count). The maximum Gasteiger partial charge on any atom is 0.127 e. The van der Waals surface area contributed by atoms with Gasteiger partial charge in [0.15, 0.2) is 0 Å². The molecule has 0 heterocycles. The standard InChI is InChI=1S/C17H18O/c1-3-7-14(2)15-10-12-17(13-11-15)18-16-8-5-4-6-9-16/h4-13H,3H2,1-2H3/b14-7-. The molecule has 0 saturated heterocycles. The highest BCUT2D eigenvalue weighted by Gasteiger charge is 1.98. The molecule has 1 nitrogen and oxygen atoms in total. The Balaban J connectivity index is 2.11. The summed E-state index contributed by atoms with van der Waals surface area (Å²) in [5, 5.41) is 0. The molecule has 0 bridgehead atoms. The second-order valence-electron chi connectivity index (χ2n) is 4.23. The molecule has 0 fully saturated rings. The number of hydrogen-bond donors (Lipinski definition) is 0. The average molecular weight is 238 g/mol. The molecule has 0 saturated carbocycles. The first-order valence-corrected chi connectivity index (χ1v) is 6.29. The van der Waals surface area contributed by atoms with Crippen LogP contribution in [0.2, 0.25) is 0 Å². The van der Waals surface area contributed by atoms with Gasteiger partial charge in [-0.25, -0.2) is 0 Å². The summed E-state index contributed by atoms with van der Waals surface area (Å²) >= 11 is 0. The van der Waals surface area contributed by atoms with Crippen LogP contribution in [0.1, 0.15) is 25.8 Å². The Morgan fingerprint density at radius 3 is 2.17 bits per heavy atom. The van der Waals surface area contributed by atoms with E-state index in [4.69, 9.17) is 4.74 Å². The number of ether oxygens (including phenoxy) is 1. The Labute approximate surface area is 109 Å². The van der Waals surface area contributed by atoms with Gasteiger partial charge in [-0.1, -0.05) is 43.3 Å². The highest BCUT2D eigenvalue weighted by molar-refractivity contribution is 5.64. The van der Waals surface area contributed by atoms with Gasteiger partial charge in [0.25, 0.3) is 0 Å². The Hall–Kier alpha value is -2.02. The van der Waals surface area contributed by atoms with E-state index in [9.17, 15) is 0 Å². The minimum atomic E-state index is 0.867. The highest BCUT2D eigenvalue weighted by Crippen LogP contribution is 2.23. The zero-order valence-electron chi connectivity index (χ0n) is 10.9. The van der Waals surface area contributed by atoms with Crippen molar-refractivity contribution in [2.45, 2.75) is 20.3 Å². The second kappa shape index (κ2) is 6.06. The molecule has 0 unspecified atom stereocenters. The molecule has 2 aromatic carbocycles. The van der Waals surface area contributed by atoms with Gasteiger partial charge in [-0.05, 0) is 48.7 Å². The Kier molecular flexibility index (Phi) is 4.19. The highest BCUT2D eigenvalue weighted by atomic mass is 16.5. The molecule has 0 aliphatic heterocycles. The largest absolute Gasteiger partial charge is 0.457 e. The third-order valence-electron chi connectivity index (χ3n) is 2.80. The molecule has 0 radical (unpaired) electrons. The molecule has 92 valence electrons. The van der Waals surface area contributed by atoms with Gasteiger partial charge in [0, 0.05) is 0 Å². The van der Waals surface area contributed by atoms with E-state index in [1.807, 2.05) is 42.5 Å². The van der Waals surface area contributed by atoms with E-state index in [1.54, 1.807) is 0 Å². The van der Waals surface area contributed by atoms with E-state index >= 15 is 0 Å². The maximum atomic E-state index is 5.75. The third-order valence-corrected chi connectivity index (χ3v) is 2.80. The minimum absolute atomic E-state index is 0.867. The first-order chi connectivity index (χ1) is 8.79. The molecular weight excluding hydrogens is 220 g/mol. The first-order valence-electron chi connectivity index (χ1n) is 6.29. The molecule has 18 heavy (non-hydrogen) atoms. The Bertz CT molecular complexity index is 509. The van der Waals surface area contributed by atoms with Crippen molar-refractivity contribution in [1.29, 1.82) is 0 Å². The van der Waals surface area contributed by atoms with Gasteiger partial charge in [-0.3, -0.25) is 0 Å². The van der Waals surface area contributed by atoms with E-state index in [0.29, 0.717) is 0 Å². The fraction of sp³-hybridized carbons (Fsp3) is 0.176. The van der Waals surface area contributed by atoms with Gasteiger partial charge < -0.3 is 4.74 Å². The lowest BCUT2D eigenvalue weighted by Crippen LogP contribution is -1.85. The van der Waals surface area contributed by atoms with Crippen molar-refractivity contribution in [1.82, 2.24) is 0 Å². The van der Waals surface area contributed by atoms with Crippen LogP contribution in [-0.4, -0.2) is 0 Å². The molecule has 0 aliphatic carbocycles. The predicted octanol–water partition coefficient (Wildman–Crippen LogP) is 5.29. The first kappa shape index (κ1) is 12.4. The van der Waals surface area contributed by atoms with Crippen LogP contribution >= 0.6 is 0 Å². The minimum Gasteiger partial charge on any atom is -0.457 e. The lowest BCUT2D eigenvalue weighted by molar-refractivity contribution is 0.482. The van der Waals surface area contributed by atoms with Crippen molar-refractivity contribution in [2.75, 3.05) is 0 Å². The van der Waals surface area contributed by atoms with Gasteiger partial charge in [-0.2, -0.15) is 0 Å². The Morgan fingerprint density at radius 1 is 0.944 bits per heavy atom. The van der Waals surface area contributed by atoms with Crippen molar-refractivity contribution >= 4 is 5.57 Å². The van der Waals surface area contributed by atoms with E-state index in [-0.39, 0.29) is 0 Å². The van der Waals surface area contributed by atoms with E-state index in [2.05, 4.69) is 32.1 Å². The molecule has 2 aromatic rings. The molecule has 0 aromatic heterocycles. The van der Waals surface area contributed by atoms with Crippen LogP contribution in [0.5, 0.6) is 11.5 Å². The van der Waals surface area contributed by atoms with Gasteiger partial charge >= 0.3 is 0 Å². The van der Waals surface area contributed by atoms with Gasteiger partial charge in [0.1, 0.15) is 11.5 Å². The topological polar surface area (TPSA) is 9.23 Å². The van der Waals surface area contributed by atoms with Gasteiger partial charge in [-0.15, -0.1) is 0 Å². The van der Waals surface area contributed by atoms with E-state index in [1.165, 1.54) is 11.1 Å². The van der Waals surface area contributed by atoms with Crippen molar-refractivity contribution in [2.24, 2.45) is 0 Å². The third kappa shape index (κ3) is 3.24. The summed E-state index contributed by atoms with van der Waals surface area (Å²) in [6, 6.07) is 18.0. The summed E-state index contributed by atoms with van der Waals surface area (Å²) in [6.45, 7) is 4.28. The zero-order valence-corrected chi connectivity index (χ0v) is 10.9. The summed E-state index contributed by atoms with van der Waals surface area (Å²) < 4.78 is 5.75. The van der Waals surface area contributed by atoms with Crippen LogP contribution < -0.4 is 4.74 Å². The van der Waals surface area contributed by atoms with E-state index in [0.717, 1.165) is 17.9 Å². The molecule has 0 atom stereocenters. The lowest BCUT2D eigenvalue weighted by Gasteiger charge is -2.07. The maximum absolute atomic E-state index is 5.75. The van der Waals surface area contributed by atoms with Crippen LogP contribution in [0.4, 0.5) is 0 Å². The molecule has 1 heteroatoms. The summed E-state index contributed by atoms with van der Waals surface area (Å²) in [5.41, 5.74) is 2.56. The van der Waals surface area contributed by atoms with Crippen LogP contribution in [0.15, 0.2) is 60.7 Å². The summed E-state index contributed by atoms with van der Waals surface area (Å²) in [7, 11) is 0. The number of rotatable bonds is 4. The van der Waals surface area contributed by atoms with Crippen molar-refractivity contribution in [3.8, 4) is 11.5 Å². The number of allylic oxidation sites excluding steroid dienone is 2. The number of hydrogen-bond acceptors (Lipinski definition) is 1. The summed E-state index contributed by atoms with van der Waals surface area (Å²) in [5.74, 6) is 1.74. The lowest BCUT2D eigenvalue weighted by atomic mass is 10.1. The SMILES string of the molecule is CC/C=C(/C)c1ccc(Oc2ccccc2)cc1. The second-order valence-corrected chi connectivity index (χ2v) is 4.23. The molecule has 0 spiro atoms. The van der Waals surface area contributed by atoms with Crippen LogP contribution in [0, 0.1) is 0 Å². The average Bonchev–Trinajstić information content (AvgIpc) is 2.41. The summed E-state index contributed by atoms with van der Waals surface area (Å²) in [6.07, 6.45) is 3.29. The fourth-order valence-electron chi connectivity index (χ4n) is 1.83. The molecule has 0 amide bonds. The van der Waals surface area contributed by atoms with Crippen LogP contribution in [0.3, 0.4) is 0 Å². The van der Waals surface area contributed by atoms with Crippen molar-refractivity contribution < 1.29 is 4.74 Å². The Morgan fingerprint density at radius 2 is 1.56 bits per heavy atom. The molecule has 0 aliphatic rings. The van der Waals surface area contributed by atoms with Crippen LogP contribution in [-0.2, 0) is 0 Å². The van der Waals surface area contributed by atoms with Gasteiger partial charge in [0.2, 0.25) is 0 Å². The summed E-state index contributed by atoms with van der Waals surface area (Å²) in [4.78, 5) is 0. The monoisotopic (exact) mass is 238 g/mol. The zero-order chi connectivity index (χ0) is 12.8. The van der Waals surface area contributed by atoms with Crippen LogP contribution in [0.25, 0.3) is 5.57 Å². The smallest absolute Gasteiger partial charge is 0.127 e. The van der Waals surface area contributed by atoms with Gasteiger partial charge in [0.05, 0.1) is 0 Å². The van der Waals surface area contributed by atoms with Crippen molar-refractivity contribution in [3.05, 3.63) is 66.2 Å². The van der Waals surface area contributed by atoms with Crippen molar-refractivity contribution in [3.63, 3.8) is 0 Å².